The average molecular weight is 340 g/mol. The molecule has 0 aromatic carbocycles. The molecule has 0 bridgehead atoms. The lowest BCUT2D eigenvalue weighted by atomic mass is 9.83. The monoisotopic (exact) mass is 340 g/mol. The Balaban J connectivity index is 1.85. The number of rotatable bonds is 8. The maximum absolute atomic E-state index is 12.6. The Kier molecular flexibility index (Phi) is 7.13. The van der Waals surface area contributed by atoms with Crippen molar-refractivity contribution in [2.75, 3.05) is 19.4 Å². The molecule has 3 nitrogen and oxygen atoms in total. The predicted molar refractivity (Wildman–Crippen MR) is 96.7 cm³/mol. The third-order valence-electron chi connectivity index (χ3n) is 5.35. The highest BCUT2D eigenvalue weighted by atomic mass is 31.2. The molecule has 2 aliphatic carbocycles. The summed E-state index contributed by atoms with van der Waals surface area (Å²) in [6.45, 7) is 9.26. The summed E-state index contributed by atoms with van der Waals surface area (Å²) in [5.74, 6) is 2.63. The van der Waals surface area contributed by atoms with Gasteiger partial charge in [-0.05, 0) is 68.8 Å². The molecule has 0 aliphatic heterocycles. The van der Waals surface area contributed by atoms with E-state index in [0.717, 1.165) is 6.42 Å². The minimum atomic E-state index is -2.87. The maximum Gasteiger partial charge on any atom is 0.330 e. The highest BCUT2D eigenvalue weighted by molar-refractivity contribution is 7.53. The molecule has 2 aliphatic rings. The number of hydrogen-bond acceptors (Lipinski definition) is 3. The lowest BCUT2D eigenvalue weighted by Crippen LogP contribution is -2.11. The van der Waals surface area contributed by atoms with E-state index in [0.29, 0.717) is 43.0 Å². The van der Waals surface area contributed by atoms with Crippen molar-refractivity contribution < 1.29 is 13.6 Å². The standard InChI is InChI=1S/C19H33O3P/c1-5-21-23(20,22-6-2)12-11-17-8-10-19(14-17)18-9-7-15(3)16(4)13-18/h7,9,13,15-17,19H,5-6,8,10-12,14H2,1-4H3/t15?,16?,17?,19-/m0/s1. The molecule has 0 saturated heterocycles. The van der Waals surface area contributed by atoms with Crippen LogP contribution in [-0.2, 0) is 13.6 Å². The molecule has 2 rings (SSSR count). The fraction of sp³-hybridized carbons (Fsp3) is 0.789. The van der Waals surface area contributed by atoms with Gasteiger partial charge in [-0.25, -0.2) is 0 Å². The Morgan fingerprint density at radius 3 is 2.43 bits per heavy atom. The number of hydrogen-bond donors (Lipinski definition) is 0. The van der Waals surface area contributed by atoms with Gasteiger partial charge < -0.3 is 9.05 Å². The van der Waals surface area contributed by atoms with Gasteiger partial charge in [0.05, 0.1) is 19.4 Å². The van der Waals surface area contributed by atoms with Crippen LogP contribution in [0.25, 0.3) is 0 Å². The third-order valence-corrected chi connectivity index (χ3v) is 7.46. The summed E-state index contributed by atoms with van der Waals surface area (Å²) in [5, 5.41) is 0. The van der Waals surface area contributed by atoms with Crippen molar-refractivity contribution in [2.24, 2.45) is 23.7 Å². The van der Waals surface area contributed by atoms with Gasteiger partial charge in [0.2, 0.25) is 0 Å². The molecule has 0 aromatic rings. The van der Waals surface area contributed by atoms with E-state index in [1.165, 1.54) is 24.8 Å². The largest absolute Gasteiger partial charge is 0.330 e. The molecule has 0 spiro atoms. The van der Waals surface area contributed by atoms with Gasteiger partial charge in [0, 0.05) is 0 Å². The van der Waals surface area contributed by atoms with Gasteiger partial charge in [-0.3, -0.25) is 4.57 Å². The molecular weight excluding hydrogens is 307 g/mol. The second-order valence-corrected chi connectivity index (χ2v) is 9.26. The molecule has 3 unspecified atom stereocenters. The summed E-state index contributed by atoms with van der Waals surface area (Å²) in [6.07, 6.45) is 12.4. The molecule has 4 atom stereocenters. The lowest BCUT2D eigenvalue weighted by Gasteiger charge is -2.23. The van der Waals surface area contributed by atoms with Crippen LogP contribution in [0.15, 0.2) is 23.8 Å². The second kappa shape index (κ2) is 8.65. The molecular formula is C19H33O3P. The smallest absolute Gasteiger partial charge is 0.309 e. The van der Waals surface area contributed by atoms with Crippen molar-refractivity contribution in [3.63, 3.8) is 0 Å². The first-order chi connectivity index (χ1) is 11.0. The Morgan fingerprint density at radius 2 is 1.83 bits per heavy atom. The fourth-order valence-electron chi connectivity index (χ4n) is 3.76. The summed E-state index contributed by atoms with van der Waals surface area (Å²) in [6, 6.07) is 0. The second-order valence-electron chi connectivity index (χ2n) is 7.08. The van der Waals surface area contributed by atoms with Gasteiger partial charge >= 0.3 is 7.60 Å². The molecule has 4 heteroatoms. The first-order valence-electron chi connectivity index (χ1n) is 9.25. The van der Waals surface area contributed by atoms with E-state index >= 15 is 0 Å². The van der Waals surface area contributed by atoms with E-state index in [2.05, 4.69) is 32.1 Å². The zero-order valence-corrected chi connectivity index (χ0v) is 16.1. The number of allylic oxidation sites excluding steroid dienone is 4. The Hall–Kier alpha value is -0.370. The Morgan fingerprint density at radius 1 is 1.13 bits per heavy atom. The van der Waals surface area contributed by atoms with Gasteiger partial charge in [0.1, 0.15) is 0 Å². The lowest BCUT2D eigenvalue weighted by molar-refractivity contribution is 0.218. The van der Waals surface area contributed by atoms with Crippen LogP contribution in [0.2, 0.25) is 0 Å². The maximum atomic E-state index is 12.6. The normalized spacial score (nSPS) is 31.4. The Labute approximate surface area is 142 Å². The van der Waals surface area contributed by atoms with Crippen LogP contribution in [0.4, 0.5) is 0 Å². The zero-order chi connectivity index (χ0) is 16.9. The van der Waals surface area contributed by atoms with Crippen molar-refractivity contribution in [3.8, 4) is 0 Å². The molecule has 23 heavy (non-hydrogen) atoms. The first kappa shape index (κ1) is 19.0. The third kappa shape index (κ3) is 5.31. The molecule has 0 radical (unpaired) electrons. The van der Waals surface area contributed by atoms with Crippen LogP contribution < -0.4 is 0 Å². The quantitative estimate of drug-likeness (QED) is 0.522. The minimum absolute atomic E-state index is 0.457. The summed E-state index contributed by atoms with van der Waals surface area (Å²) >= 11 is 0. The molecule has 0 amide bonds. The van der Waals surface area contributed by atoms with Crippen LogP contribution >= 0.6 is 7.60 Å². The van der Waals surface area contributed by atoms with E-state index in [1.807, 2.05) is 13.8 Å². The molecule has 1 saturated carbocycles. The predicted octanol–water partition coefficient (Wildman–Crippen LogP) is 5.83. The van der Waals surface area contributed by atoms with E-state index in [4.69, 9.17) is 9.05 Å². The zero-order valence-electron chi connectivity index (χ0n) is 15.2. The van der Waals surface area contributed by atoms with E-state index in [9.17, 15) is 4.57 Å². The van der Waals surface area contributed by atoms with Crippen molar-refractivity contribution in [1.82, 2.24) is 0 Å². The van der Waals surface area contributed by atoms with E-state index in [1.54, 1.807) is 0 Å². The topological polar surface area (TPSA) is 35.5 Å². The van der Waals surface area contributed by atoms with Crippen LogP contribution in [0.5, 0.6) is 0 Å². The van der Waals surface area contributed by atoms with Gasteiger partial charge in [-0.15, -0.1) is 0 Å². The van der Waals surface area contributed by atoms with Gasteiger partial charge in [0.15, 0.2) is 0 Å². The van der Waals surface area contributed by atoms with E-state index < -0.39 is 7.60 Å². The molecule has 1 fully saturated rings. The van der Waals surface area contributed by atoms with Crippen molar-refractivity contribution in [2.45, 2.75) is 53.4 Å². The SMILES string of the molecule is CCOP(=O)(CCC1CC[C@H](C2=CC(C)C(C)C=C2)C1)OCC. The van der Waals surface area contributed by atoms with Gasteiger partial charge in [-0.2, -0.15) is 0 Å². The highest BCUT2D eigenvalue weighted by Gasteiger charge is 2.31. The van der Waals surface area contributed by atoms with Crippen LogP contribution in [-0.4, -0.2) is 19.4 Å². The fourth-order valence-corrected chi connectivity index (χ4v) is 5.56. The van der Waals surface area contributed by atoms with Crippen molar-refractivity contribution in [1.29, 1.82) is 0 Å². The molecule has 0 N–H and O–H groups in total. The molecule has 0 aromatic heterocycles. The molecule has 132 valence electrons. The van der Waals surface area contributed by atoms with Crippen molar-refractivity contribution >= 4 is 7.60 Å². The van der Waals surface area contributed by atoms with Crippen LogP contribution in [0, 0.1) is 23.7 Å². The summed E-state index contributed by atoms with van der Waals surface area (Å²) < 4.78 is 23.4. The average Bonchev–Trinajstić information content (AvgIpc) is 2.98. The van der Waals surface area contributed by atoms with Gasteiger partial charge in [-0.1, -0.05) is 32.1 Å². The summed E-state index contributed by atoms with van der Waals surface area (Å²) in [4.78, 5) is 0. The summed E-state index contributed by atoms with van der Waals surface area (Å²) in [5.41, 5.74) is 1.52. The van der Waals surface area contributed by atoms with Crippen LogP contribution in [0.1, 0.15) is 53.4 Å². The van der Waals surface area contributed by atoms with Crippen LogP contribution in [0.3, 0.4) is 0 Å². The van der Waals surface area contributed by atoms with Crippen molar-refractivity contribution in [3.05, 3.63) is 23.8 Å². The minimum Gasteiger partial charge on any atom is -0.309 e. The highest BCUT2D eigenvalue weighted by Crippen LogP contribution is 2.50. The Bertz CT molecular complexity index is 473. The van der Waals surface area contributed by atoms with Gasteiger partial charge in [0.25, 0.3) is 0 Å². The molecule has 0 heterocycles. The first-order valence-corrected chi connectivity index (χ1v) is 11.0. The summed E-state index contributed by atoms with van der Waals surface area (Å²) in [7, 11) is -2.87. The van der Waals surface area contributed by atoms with E-state index in [-0.39, 0.29) is 0 Å².